The van der Waals surface area contributed by atoms with Crippen LogP contribution in [0.15, 0.2) is 69.6 Å². The van der Waals surface area contributed by atoms with Crippen molar-refractivity contribution in [3.63, 3.8) is 0 Å². The summed E-state index contributed by atoms with van der Waals surface area (Å²) in [5, 5.41) is 10.2. The highest BCUT2D eigenvalue weighted by molar-refractivity contribution is 7.07. The van der Waals surface area contributed by atoms with Crippen LogP contribution in [0.5, 0.6) is 5.75 Å². The number of aliphatic hydroxyl groups is 1. The van der Waals surface area contributed by atoms with Crippen molar-refractivity contribution in [2.24, 2.45) is 4.99 Å². The largest absolute Gasteiger partial charge is 0.484 e. The van der Waals surface area contributed by atoms with E-state index in [4.69, 9.17) is 21.1 Å². The van der Waals surface area contributed by atoms with Gasteiger partial charge in [0, 0.05) is 18.1 Å². The number of fused-ring (bicyclic) bond motifs is 1. The lowest BCUT2D eigenvalue weighted by atomic mass is 9.96. The Bertz CT molecular complexity index is 1680. The van der Waals surface area contributed by atoms with Crippen LogP contribution in [-0.2, 0) is 14.3 Å². The second-order valence-corrected chi connectivity index (χ2v) is 12.0. The highest BCUT2D eigenvalue weighted by Gasteiger charge is 2.33. The number of hydrogen-bond donors (Lipinski definition) is 1. The predicted octanol–water partition coefficient (Wildman–Crippen LogP) is 3.20. The van der Waals surface area contributed by atoms with Crippen LogP contribution in [0.3, 0.4) is 0 Å². The summed E-state index contributed by atoms with van der Waals surface area (Å²) in [5.74, 6) is -0.104. The van der Waals surface area contributed by atoms with Crippen LogP contribution in [0.25, 0.3) is 6.08 Å². The van der Waals surface area contributed by atoms with E-state index in [0.29, 0.717) is 62.9 Å². The number of nitrogens with zero attached hydrogens (tertiary/aromatic N) is 3. The minimum atomic E-state index is -0.719. The number of carbonyl (C=O) groups excluding carboxylic acids is 2. The molecule has 3 heterocycles. The van der Waals surface area contributed by atoms with Crippen LogP contribution in [0.4, 0.5) is 0 Å². The number of likely N-dealkylation sites (tertiary alicyclic amines) is 1. The van der Waals surface area contributed by atoms with Crippen LogP contribution >= 0.6 is 22.9 Å². The summed E-state index contributed by atoms with van der Waals surface area (Å²) in [6.45, 7) is 6.26. The maximum atomic E-state index is 13.8. The first-order valence-corrected chi connectivity index (χ1v) is 15.0. The molecule has 1 atom stereocenters. The zero-order valence-electron chi connectivity index (χ0n) is 23.6. The third kappa shape index (κ3) is 6.51. The number of aliphatic hydroxyl groups excluding tert-OH is 1. The van der Waals surface area contributed by atoms with E-state index in [1.54, 1.807) is 68.1 Å². The molecule has 9 nitrogen and oxygen atoms in total. The smallest absolute Gasteiger partial charge is 0.338 e. The van der Waals surface area contributed by atoms with E-state index in [1.165, 1.54) is 15.9 Å². The molecule has 0 aliphatic carbocycles. The van der Waals surface area contributed by atoms with E-state index < -0.39 is 12.0 Å². The fourth-order valence-electron chi connectivity index (χ4n) is 4.98. The molecule has 3 aromatic rings. The normalized spacial score (nSPS) is 17.7. The van der Waals surface area contributed by atoms with Crippen LogP contribution in [0.2, 0.25) is 5.02 Å². The fraction of sp³-hybridized carbons (Fsp3) is 0.355. The predicted molar refractivity (Wildman–Crippen MR) is 160 cm³/mol. The highest BCUT2D eigenvalue weighted by atomic mass is 35.5. The number of benzene rings is 2. The molecular formula is C31H32ClN3O6S. The molecule has 2 aromatic carbocycles. The molecule has 0 radical (unpaired) electrons. The van der Waals surface area contributed by atoms with Gasteiger partial charge in [0.05, 0.1) is 34.1 Å². The number of hydrogen-bond acceptors (Lipinski definition) is 8. The Morgan fingerprint density at radius 2 is 1.79 bits per heavy atom. The third-order valence-electron chi connectivity index (χ3n) is 7.13. The molecule has 2 aliphatic heterocycles. The molecule has 0 spiro atoms. The summed E-state index contributed by atoms with van der Waals surface area (Å²) in [6.07, 6.45) is 2.24. The van der Waals surface area contributed by atoms with Crippen molar-refractivity contribution in [3.05, 3.63) is 95.6 Å². The van der Waals surface area contributed by atoms with Gasteiger partial charge in [-0.25, -0.2) is 9.79 Å². The number of amides is 1. The quantitative estimate of drug-likeness (QED) is 0.412. The Kier molecular flexibility index (Phi) is 8.96. The summed E-state index contributed by atoms with van der Waals surface area (Å²) < 4.78 is 13.2. The molecule has 11 heteroatoms. The number of carbonyl (C=O) groups is 2. The van der Waals surface area contributed by atoms with Crippen LogP contribution in [0, 0.1) is 0 Å². The first-order chi connectivity index (χ1) is 20.1. The Balaban J connectivity index is 1.41. The Morgan fingerprint density at radius 1 is 1.12 bits per heavy atom. The maximum Gasteiger partial charge on any atom is 0.338 e. The number of ether oxygens (including phenoxy) is 2. The number of rotatable bonds is 7. The van der Waals surface area contributed by atoms with E-state index in [0.717, 1.165) is 5.56 Å². The van der Waals surface area contributed by atoms with E-state index in [9.17, 15) is 19.5 Å². The molecule has 1 unspecified atom stereocenters. The molecule has 220 valence electrons. The summed E-state index contributed by atoms with van der Waals surface area (Å²) >= 11 is 7.37. The average Bonchev–Trinajstić information content (AvgIpc) is 3.26. The number of thiazole rings is 1. The molecule has 1 amide bonds. The lowest BCUT2D eigenvalue weighted by Crippen LogP contribution is -2.42. The zero-order valence-corrected chi connectivity index (χ0v) is 25.2. The third-order valence-corrected chi connectivity index (χ3v) is 8.36. The first kappa shape index (κ1) is 29.8. The van der Waals surface area contributed by atoms with Crippen molar-refractivity contribution in [3.8, 4) is 5.75 Å². The minimum absolute atomic E-state index is 0.0837. The number of allylic oxidation sites excluding steroid dienone is 1. The van der Waals surface area contributed by atoms with Crippen molar-refractivity contribution in [1.82, 2.24) is 9.47 Å². The number of esters is 1. The van der Waals surface area contributed by atoms with Gasteiger partial charge in [0.15, 0.2) is 11.4 Å². The summed E-state index contributed by atoms with van der Waals surface area (Å²) in [7, 11) is 0. The van der Waals surface area contributed by atoms with Gasteiger partial charge in [0.1, 0.15) is 5.75 Å². The molecule has 1 N–H and O–H groups in total. The van der Waals surface area contributed by atoms with Crippen LogP contribution < -0.4 is 19.6 Å². The lowest BCUT2D eigenvalue weighted by Gasteiger charge is -2.29. The van der Waals surface area contributed by atoms with Crippen LogP contribution in [0.1, 0.15) is 50.8 Å². The SMILES string of the molecule is CC1=C(C(=O)OC(C)C)C(c2ccc(Cl)cc2)n2c(s/c(=C\c3ccc(OCC(=O)N4CCC(O)CC4)cc3)c2=O)=N1. The van der Waals surface area contributed by atoms with Gasteiger partial charge >= 0.3 is 5.97 Å². The van der Waals surface area contributed by atoms with Gasteiger partial charge in [0.2, 0.25) is 0 Å². The molecule has 42 heavy (non-hydrogen) atoms. The first-order valence-electron chi connectivity index (χ1n) is 13.8. The Morgan fingerprint density at radius 3 is 2.43 bits per heavy atom. The van der Waals surface area contributed by atoms with Crippen molar-refractivity contribution < 1.29 is 24.2 Å². The molecule has 1 aromatic heterocycles. The van der Waals surface area contributed by atoms with Gasteiger partial charge in [0.25, 0.3) is 11.5 Å². The average molecular weight is 610 g/mol. The molecule has 1 fully saturated rings. The standard InChI is InChI=1S/C31H32ClN3O6S/c1-18(2)41-30(39)27-19(3)33-31-35(28(27)21-6-8-22(32)9-7-21)29(38)25(42-31)16-20-4-10-24(11-5-20)40-17-26(37)34-14-12-23(36)13-15-34/h4-11,16,18,23,28,36H,12-15,17H2,1-3H3/b25-16-. The van der Waals surface area contributed by atoms with E-state index in [2.05, 4.69) is 4.99 Å². The fourth-order valence-corrected chi connectivity index (χ4v) is 6.16. The van der Waals surface area contributed by atoms with Crippen molar-refractivity contribution in [2.45, 2.75) is 51.9 Å². The van der Waals surface area contributed by atoms with E-state index >= 15 is 0 Å². The second kappa shape index (κ2) is 12.6. The van der Waals surface area contributed by atoms with Gasteiger partial charge < -0.3 is 19.5 Å². The zero-order chi connectivity index (χ0) is 30.0. The Labute approximate surface area is 252 Å². The van der Waals surface area contributed by atoms with Crippen molar-refractivity contribution >= 4 is 40.9 Å². The highest BCUT2D eigenvalue weighted by Crippen LogP contribution is 2.31. The molecule has 0 saturated carbocycles. The van der Waals surface area contributed by atoms with Gasteiger partial charge in [-0.05, 0) is 75.1 Å². The van der Waals surface area contributed by atoms with Gasteiger partial charge in [-0.3, -0.25) is 14.2 Å². The molecular weight excluding hydrogens is 578 g/mol. The number of aromatic nitrogens is 1. The monoisotopic (exact) mass is 609 g/mol. The van der Waals surface area contributed by atoms with Crippen molar-refractivity contribution in [2.75, 3.05) is 19.7 Å². The van der Waals surface area contributed by atoms with Gasteiger partial charge in [-0.1, -0.05) is 47.2 Å². The topological polar surface area (TPSA) is 110 Å². The number of piperidine rings is 1. The molecule has 5 rings (SSSR count). The van der Waals surface area contributed by atoms with Gasteiger partial charge in [-0.15, -0.1) is 0 Å². The maximum absolute atomic E-state index is 13.8. The van der Waals surface area contributed by atoms with E-state index in [1.807, 2.05) is 12.1 Å². The summed E-state index contributed by atoms with van der Waals surface area (Å²) in [5.41, 5.74) is 2.00. The van der Waals surface area contributed by atoms with E-state index in [-0.39, 0.29) is 30.3 Å². The summed E-state index contributed by atoms with van der Waals surface area (Å²) in [6, 6.07) is 13.4. The Hall–Kier alpha value is -3.73. The lowest BCUT2D eigenvalue weighted by molar-refractivity contribution is -0.143. The minimum Gasteiger partial charge on any atom is -0.484 e. The summed E-state index contributed by atoms with van der Waals surface area (Å²) in [4.78, 5) is 46.2. The second-order valence-electron chi connectivity index (χ2n) is 10.6. The van der Waals surface area contributed by atoms with Gasteiger partial charge in [-0.2, -0.15) is 0 Å². The molecule has 1 saturated heterocycles. The van der Waals surface area contributed by atoms with Crippen molar-refractivity contribution in [1.29, 1.82) is 0 Å². The van der Waals surface area contributed by atoms with Crippen LogP contribution in [-0.4, -0.2) is 58.4 Å². The number of halogens is 1. The molecule has 2 aliphatic rings. The molecule has 0 bridgehead atoms.